The molecule has 1 unspecified atom stereocenters. The van der Waals surface area contributed by atoms with Gasteiger partial charge in [-0.15, -0.1) is 0 Å². The predicted octanol–water partition coefficient (Wildman–Crippen LogP) is 1.56. The first kappa shape index (κ1) is 28.1. The molecule has 180 valence electrons. The number of rotatable bonds is 4. The van der Waals surface area contributed by atoms with Gasteiger partial charge in [0.15, 0.2) is 0 Å². The Hall–Kier alpha value is -1.53. The Morgan fingerprint density at radius 2 is 1.51 bits per heavy atom. The molecule has 0 saturated heterocycles. The predicted molar refractivity (Wildman–Crippen MR) is 140 cm³/mol. The summed E-state index contributed by atoms with van der Waals surface area (Å²) in [6.07, 6.45) is 3.65. The van der Waals surface area contributed by atoms with Gasteiger partial charge >= 0.3 is 208 Å². The van der Waals surface area contributed by atoms with Crippen LogP contribution < -0.4 is 28.1 Å². The minimum Gasteiger partial charge on any atom is -1.00 e. The van der Waals surface area contributed by atoms with E-state index in [1.54, 1.807) is 26.5 Å². The van der Waals surface area contributed by atoms with Gasteiger partial charge in [-0.1, -0.05) is 0 Å². The average molecular weight is 581 g/mol. The quantitative estimate of drug-likeness (QED) is 0.344. The standard InChI is InChI=1S/C13H9.C10H15.C9H10.2ClH.Zr/c1-3-7-12-10(5-1)9-11-6-2-4-8-13(11)12;1-7(2)10-6-8(3)5-9(10)4;1-3-9-6-4-8(2)5-7-9;;;/h1-5,7-8H,9H2;6-8H,1-4H3;4-7H,1-2H3;2*1H;/q;;;;;+2/p-2. The zero-order valence-corrected chi connectivity index (χ0v) is 25.5. The van der Waals surface area contributed by atoms with Crippen molar-refractivity contribution in [3.8, 4) is 11.1 Å². The molecule has 3 aromatic carbocycles. The molecule has 0 saturated carbocycles. The summed E-state index contributed by atoms with van der Waals surface area (Å²) < 4.78 is 5.12. The molecule has 0 heterocycles. The van der Waals surface area contributed by atoms with Crippen LogP contribution in [0.2, 0.25) is 0 Å². The maximum Gasteiger partial charge on any atom is -1.00 e. The fraction of sp³-hybridized carbons (Fsp3) is 0.281. The van der Waals surface area contributed by atoms with Crippen molar-refractivity contribution >= 4 is 6.48 Å². The van der Waals surface area contributed by atoms with Crippen molar-refractivity contribution < 1.29 is 46.1 Å². The number of allylic oxidation sites excluding steroid dienone is 4. The zero-order chi connectivity index (χ0) is 23.3. The van der Waals surface area contributed by atoms with Gasteiger partial charge in [0.2, 0.25) is 0 Å². The number of hydrogen-bond acceptors (Lipinski definition) is 0. The molecule has 2 aliphatic rings. The maximum atomic E-state index is 2.57. The molecule has 0 N–H and O–H groups in total. The Bertz CT molecular complexity index is 1340. The summed E-state index contributed by atoms with van der Waals surface area (Å²) in [5.41, 5.74) is 11.9. The molecule has 0 amide bonds. The minimum absolute atomic E-state index is 0. The molecule has 0 bridgehead atoms. The van der Waals surface area contributed by atoms with Crippen molar-refractivity contribution in [3.05, 3.63) is 109 Å². The first-order valence-corrected chi connectivity index (χ1v) is 16.0. The largest absolute Gasteiger partial charge is 1.00 e. The Balaban J connectivity index is 0.00000171. The van der Waals surface area contributed by atoms with Crippen LogP contribution in [-0.4, -0.2) is 3.21 Å². The topological polar surface area (TPSA) is 0 Å². The van der Waals surface area contributed by atoms with E-state index in [-0.39, 0.29) is 24.8 Å². The third kappa shape index (κ3) is 5.02. The number of hydrogen-bond donors (Lipinski definition) is 0. The first-order chi connectivity index (χ1) is 15.9. The van der Waals surface area contributed by atoms with Gasteiger partial charge in [-0.25, -0.2) is 0 Å². The second-order valence-electron chi connectivity index (χ2n) is 10.1. The van der Waals surface area contributed by atoms with Crippen molar-refractivity contribution in [2.24, 2.45) is 11.8 Å². The maximum absolute atomic E-state index is 2.57. The third-order valence-corrected chi connectivity index (χ3v) is 16.0. The number of aryl methyl sites for hydroxylation is 1. The fourth-order valence-corrected chi connectivity index (χ4v) is 14.3. The number of halogens is 2. The molecular formula is C32H34Cl2Zr. The van der Waals surface area contributed by atoms with E-state index in [2.05, 4.69) is 114 Å². The summed E-state index contributed by atoms with van der Waals surface area (Å²) in [4.78, 5) is 0. The fourth-order valence-electron chi connectivity index (χ4n) is 5.90. The van der Waals surface area contributed by atoms with E-state index in [4.69, 9.17) is 0 Å². The van der Waals surface area contributed by atoms with Gasteiger partial charge in [-0.05, 0) is 0 Å². The monoisotopic (exact) mass is 578 g/mol. The van der Waals surface area contributed by atoms with Crippen LogP contribution in [0.4, 0.5) is 0 Å². The Morgan fingerprint density at radius 3 is 2.17 bits per heavy atom. The molecule has 3 aromatic rings. The van der Waals surface area contributed by atoms with E-state index in [0.29, 0.717) is 11.8 Å². The molecule has 1 atom stereocenters. The van der Waals surface area contributed by atoms with Crippen LogP contribution in [0.25, 0.3) is 11.1 Å². The van der Waals surface area contributed by atoms with Crippen LogP contribution in [0.5, 0.6) is 0 Å². The molecule has 0 spiro atoms. The van der Waals surface area contributed by atoms with Crippen molar-refractivity contribution in [1.82, 2.24) is 0 Å². The summed E-state index contributed by atoms with van der Waals surface area (Å²) in [7, 11) is 0. The van der Waals surface area contributed by atoms with Gasteiger partial charge in [0, 0.05) is 0 Å². The van der Waals surface area contributed by atoms with E-state index in [1.807, 2.05) is 0 Å². The van der Waals surface area contributed by atoms with Crippen LogP contribution in [0, 0.1) is 18.8 Å². The SMILES string of the molecule is CC1=[C](/[Zr+2](=[C](\C)c2ccc(C)cc2)[c]2cccc3c2Cc2ccccc2-3)C(C)C=C1C(C)C.[Cl-].[Cl-]. The first-order valence-electron chi connectivity index (χ1n) is 12.3. The zero-order valence-electron chi connectivity index (χ0n) is 21.5. The summed E-state index contributed by atoms with van der Waals surface area (Å²) >= 11 is -2.40. The minimum atomic E-state index is -2.40. The van der Waals surface area contributed by atoms with Crippen LogP contribution >= 0.6 is 0 Å². The summed E-state index contributed by atoms with van der Waals surface area (Å²) in [6.45, 7) is 14.2. The van der Waals surface area contributed by atoms with E-state index < -0.39 is 21.3 Å². The number of benzene rings is 3. The van der Waals surface area contributed by atoms with Gasteiger partial charge in [0.05, 0.1) is 0 Å². The Kier molecular flexibility index (Phi) is 9.02. The van der Waals surface area contributed by atoms with Gasteiger partial charge in [0.1, 0.15) is 0 Å². The second-order valence-corrected chi connectivity index (χ2v) is 16.5. The van der Waals surface area contributed by atoms with Crippen molar-refractivity contribution in [1.29, 1.82) is 0 Å². The van der Waals surface area contributed by atoms with E-state index in [1.165, 1.54) is 27.8 Å². The number of fused-ring (bicyclic) bond motifs is 3. The molecule has 35 heavy (non-hydrogen) atoms. The van der Waals surface area contributed by atoms with E-state index in [9.17, 15) is 0 Å². The average Bonchev–Trinajstić information content (AvgIpc) is 3.33. The third-order valence-electron chi connectivity index (χ3n) is 7.59. The van der Waals surface area contributed by atoms with Gasteiger partial charge in [-0.2, -0.15) is 0 Å². The summed E-state index contributed by atoms with van der Waals surface area (Å²) in [6, 6.07) is 25.4. The van der Waals surface area contributed by atoms with Crippen molar-refractivity contribution in [2.45, 2.75) is 48.0 Å². The Labute approximate surface area is 231 Å². The van der Waals surface area contributed by atoms with Crippen LogP contribution in [-0.2, 0) is 27.7 Å². The second kappa shape index (κ2) is 11.2. The van der Waals surface area contributed by atoms with Gasteiger partial charge in [-0.3, -0.25) is 0 Å². The van der Waals surface area contributed by atoms with Gasteiger partial charge in [0.25, 0.3) is 0 Å². The van der Waals surface area contributed by atoms with Gasteiger partial charge < -0.3 is 24.8 Å². The molecule has 3 heteroatoms. The van der Waals surface area contributed by atoms with E-state index >= 15 is 0 Å². The van der Waals surface area contributed by atoms with Crippen LogP contribution in [0.3, 0.4) is 0 Å². The van der Waals surface area contributed by atoms with Crippen molar-refractivity contribution in [2.75, 3.05) is 0 Å². The molecule has 0 nitrogen and oxygen atoms in total. The molecule has 2 aliphatic carbocycles. The smallest absolute Gasteiger partial charge is 1.00 e. The molecule has 0 aromatic heterocycles. The summed E-state index contributed by atoms with van der Waals surface area (Å²) in [5, 5.41) is 0. The van der Waals surface area contributed by atoms with E-state index in [0.717, 1.165) is 6.42 Å². The molecule has 0 radical (unpaired) electrons. The van der Waals surface area contributed by atoms with Crippen LogP contribution in [0.1, 0.15) is 56.9 Å². The van der Waals surface area contributed by atoms with Crippen LogP contribution in [0.15, 0.2) is 87.2 Å². The van der Waals surface area contributed by atoms with Crippen molar-refractivity contribution in [3.63, 3.8) is 0 Å². The molecule has 0 aliphatic heterocycles. The molecule has 0 fully saturated rings. The normalized spacial score (nSPS) is 16.3. The molecular weight excluding hydrogens is 546 g/mol. The summed E-state index contributed by atoms with van der Waals surface area (Å²) in [5.74, 6) is 1.12. The Morgan fingerprint density at radius 1 is 0.857 bits per heavy atom. The molecule has 5 rings (SSSR count).